The number of nitrogens with zero attached hydrogens (tertiary/aromatic N) is 4. The fraction of sp³-hybridized carbons (Fsp3) is 0.125. The maximum atomic E-state index is 5.27. The summed E-state index contributed by atoms with van der Waals surface area (Å²) in [6, 6.07) is 5.56. The van der Waals surface area contributed by atoms with Crippen molar-refractivity contribution in [2.75, 3.05) is 5.43 Å². The first-order valence-corrected chi connectivity index (χ1v) is 5.07. The van der Waals surface area contributed by atoms with Crippen molar-refractivity contribution in [3.05, 3.63) is 24.5 Å². The third-order valence-electron chi connectivity index (χ3n) is 1.74. The van der Waals surface area contributed by atoms with E-state index in [0.717, 1.165) is 10.2 Å². The van der Waals surface area contributed by atoms with Gasteiger partial charge in [0.2, 0.25) is 0 Å². The molecule has 15 heavy (non-hydrogen) atoms. The molecule has 78 valence electrons. The Balaban J connectivity index is 2.21. The van der Waals surface area contributed by atoms with Gasteiger partial charge in [0.1, 0.15) is 17.2 Å². The minimum atomic E-state index is 0.627. The molecule has 3 N–H and O–H groups in total. The van der Waals surface area contributed by atoms with E-state index in [1.165, 1.54) is 18.1 Å². The molecule has 2 aromatic rings. The summed E-state index contributed by atoms with van der Waals surface area (Å²) in [5.41, 5.74) is 2.49. The van der Waals surface area contributed by atoms with Crippen LogP contribution in [-0.4, -0.2) is 19.7 Å². The molecule has 0 bridgehead atoms. The molecule has 0 unspecified atom stereocenters. The Morgan fingerprint density at radius 2 is 2.33 bits per heavy atom. The molecule has 0 radical (unpaired) electrons. The van der Waals surface area contributed by atoms with E-state index in [1.807, 2.05) is 19.2 Å². The standard InChI is InChI=1S/C8H10N6S/c1-14-8(10-5-11-14)15-7-4-2-3-6(12-7)13-9/h2-5H,9H2,1H3,(H,12,13). The third-order valence-corrected chi connectivity index (χ3v) is 2.73. The summed E-state index contributed by atoms with van der Waals surface area (Å²) in [4.78, 5) is 8.34. The Hall–Kier alpha value is -1.60. The summed E-state index contributed by atoms with van der Waals surface area (Å²) in [7, 11) is 1.83. The van der Waals surface area contributed by atoms with Crippen LogP contribution in [0.4, 0.5) is 5.82 Å². The van der Waals surface area contributed by atoms with Gasteiger partial charge < -0.3 is 5.43 Å². The van der Waals surface area contributed by atoms with Crippen LogP contribution in [0.3, 0.4) is 0 Å². The van der Waals surface area contributed by atoms with Gasteiger partial charge in [-0.15, -0.1) is 0 Å². The maximum absolute atomic E-state index is 5.27. The number of hydrogen-bond acceptors (Lipinski definition) is 6. The summed E-state index contributed by atoms with van der Waals surface area (Å²) in [6.45, 7) is 0. The number of aryl methyl sites for hydroxylation is 1. The van der Waals surface area contributed by atoms with Crippen LogP contribution in [0, 0.1) is 0 Å². The second-order valence-corrected chi connectivity index (χ2v) is 3.76. The van der Waals surface area contributed by atoms with E-state index in [-0.39, 0.29) is 0 Å². The predicted molar refractivity (Wildman–Crippen MR) is 57.2 cm³/mol. The third kappa shape index (κ3) is 2.25. The van der Waals surface area contributed by atoms with Crippen LogP contribution < -0.4 is 11.3 Å². The SMILES string of the molecule is Cn1ncnc1Sc1cccc(NN)n1. The molecule has 6 nitrogen and oxygen atoms in total. The number of nitrogens with two attached hydrogens (primary N) is 1. The minimum absolute atomic E-state index is 0.627. The van der Waals surface area contributed by atoms with Crippen molar-refractivity contribution in [3.63, 3.8) is 0 Å². The van der Waals surface area contributed by atoms with Crippen molar-refractivity contribution in [2.24, 2.45) is 12.9 Å². The van der Waals surface area contributed by atoms with Crippen LogP contribution in [0.25, 0.3) is 0 Å². The lowest BCUT2D eigenvalue weighted by atomic mass is 10.5. The number of rotatable bonds is 3. The van der Waals surface area contributed by atoms with Crippen LogP contribution in [0.5, 0.6) is 0 Å². The van der Waals surface area contributed by atoms with Crippen LogP contribution in [0.2, 0.25) is 0 Å². The zero-order valence-electron chi connectivity index (χ0n) is 8.08. The van der Waals surface area contributed by atoms with Crippen molar-refractivity contribution < 1.29 is 0 Å². The lowest BCUT2D eigenvalue weighted by molar-refractivity contribution is 0.684. The van der Waals surface area contributed by atoms with Gasteiger partial charge >= 0.3 is 0 Å². The highest BCUT2D eigenvalue weighted by atomic mass is 32.2. The molecule has 0 fully saturated rings. The molecule has 0 aliphatic rings. The molecule has 0 atom stereocenters. The summed E-state index contributed by atoms with van der Waals surface area (Å²) in [5, 5.41) is 5.58. The number of hydrogen-bond donors (Lipinski definition) is 2. The van der Waals surface area contributed by atoms with Crippen molar-refractivity contribution in [3.8, 4) is 0 Å². The number of aromatic nitrogens is 4. The normalized spacial score (nSPS) is 10.3. The highest BCUT2D eigenvalue weighted by Gasteiger charge is 2.04. The quantitative estimate of drug-likeness (QED) is 0.586. The number of pyridine rings is 1. The van der Waals surface area contributed by atoms with E-state index in [4.69, 9.17) is 5.84 Å². The highest BCUT2D eigenvalue weighted by molar-refractivity contribution is 7.99. The highest BCUT2D eigenvalue weighted by Crippen LogP contribution is 2.23. The largest absolute Gasteiger partial charge is 0.308 e. The molecular weight excluding hydrogens is 212 g/mol. The van der Waals surface area contributed by atoms with Gasteiger partial charge in [-0.25, -0.2) is 20.5 Å². The van der Waals surface area contributed by atoms with Crippen molar-refractivity contribution in [2.45, 2.75) is 10.2 Å². The average molecular weight is 222 g/mol. The maximum Gasteiger partial charge on any atom is 0.192 e. The second kappa shape index (κ2) is 4.28. The monoisotopic (exact) mass is 222 g/mol. The van der Waals surface area contributed by atoms with Gasteiger partial charge in [-0.05, 0) is 23.9 Å². The zero-order chi connectivity index (χ0) is 10.7. The van der Waals surface area contributed by atoms with Gasteiger partial charge in [0, 0.05) is 7.05 Å². The summed E-state index contributed by atoms with van der Waals surface area (Å²) < 4.78 is 1.69. The molecule has 7 heteroatoms. The van der Waals surface area contributed by atoms with Gasteiger partial charge in [0.05, 0.1) is 0 Å². The molecule has 0 saturated carbocycles. The lowest BCUT2D eigenvalue weighted by Crippen LogP contribution is -2.08. The van der Waals surface area contributed by atoms with E-state index in [0.29, 0.717) is 5.82 Å². The molecule has 2 heterocycles. The minimum Gasteiger partial charge on any atom is -0.308 e. The van der Waals surface area contributed by atoms with Crippen LogP contribution in [0.15, 0.2) is 34.7 Å². The summed E-state index contributed by atoms with van der Waals surface area (Å²) >= 11 is 1.43. The molecule has 0 aliphatic heterocycles. The van der Waals surface area contributed by atoms with E-state index in [9.17, 15) is 0 Å². The number of anilines is 1. The molecular formula is C8H10N6S. The van der Waals surface area contributed by atoms with Gasteiger partial charge in [-0.1, -0.05) is 6.07 Å². The fourth-order valence-corrected chi connectivity index (χ4v) is 1.78. The molecule has 0 aliphatic carbocycles. The van der Waals surface area contributed by atoms with E-state index in [2.05, 4.69) is 20.5 Å². The lowest BCUT2D eigenvalue weighted by Gasteiger charge is -2.02. The Bertz CT molecular complexity index is 454. The van der Waals surface area contributed by atoms with Gasteiger partial charge in [-0.3, -0.25) is 0 Å². The number of nitrogens with one attached hydrogen (secondary N) is 1. The Morgan fingerprint density at radius 1 is 1.47 bits per heavy atom. The Morgan fingerprint density at radius 3 is 3.00 bits per heavy atom. The molecule has 2 aromatic heterocycles. The fourth-order valence-electron chi connectivity index (χ4n) is 1.02. The van der Waals surface area contributed by atoms with Gasteiger partial charge in [0.25, 0.3) is 0 Å². The molecule has 0 saturated heterocycles. The van der Waals surface area contributed by atoms with Crippen molar-refractivity contribution in [1.82, 2.24) is 19.7 Å². The Labute approximate surface area is 90.9 Å². The zero-order valence-corrected chi connectivity index (χ0v) is 8.90. The summed E-state index contributed by atoms with van der Waals surface area (Å²) in [5.74, 6) is 5.89. The first-order valence-electron chi connectivity index (χ1n) is 4.25. The topological polar surface area (TPSA) is 81.7 Å². The summed E-state index contributed by atoms with van der Waals surface area (Å²) in [6.07, 6.45) is 1.51. The molecule has 2 rings (SSSR count). The molecule has 0 amide bonds. The van der Waals surface area contributed by atoms with Gasteiger partial charge in [0.15, 0.2) is 5.16 Å². The van der Waals surface area contributed by atoms with E-state index in [1.54, 1.807) is 10.7 Å². The molecule has 0 spiro atoms. The second-order valence-electron chi connectivity index (χ2n) is 2.77. The predicted octanol–water partition coefficient (Wildman–Crippen LogP) is 0.647. The van der Waals surface area contributed by atoms with E-state index < -0.39 is 0 Å². The number of hydrazine groups is 1. The van der Waals surface area contributed by atoms with Gasteiger partial charge in [-0.2, -0.15) is 5.10 Å². The first kappa shape index (κ1) is 9.94. The van der Waals surface area contributed by atoms with Crippen molar-refractivity contribution in [1.29, 1.82) is 0 Å². The number of nitrogen functional groups attached to an aromatic ring is 1. The molecule has 0 aromatic carbocycles. The van der Waals surface area contributed by atoms with Crippen LogP contribution >= 0.6 is 11.8 Å². The van der Waals surface area contributed by atoms with Crippen LogP contribution in [0.1, 0.15) is 0 Å². The average Bonchev–Trinajstić information content (AvgIpc) is 2.65. The first-order chi connectivity index (χ1) is 7.29. The Kier molecular flexibility index (Phi) is 2.84. The van der Waals surface area contributed by atoms with Crippen LogP contribution in [-0.2, 0) is 7.05 Å². The van der Waals surface area contributed by atoms with Crippen molar-refractivity contribution >= 4 is 17.6 Å². The smallest absolute Gasteiger partial charge is 0.192 e. The van der Waals surface area contributed by atoms with E-state index >= 15 is 0 Å².